The van der Waals surface area contributed by atoms with Gasteiger partial charge in [0.15, 0.2) is 0 Å². The van der Waals surface area contributed by atoms with E-state index in [9.17, 15) is 19.2 Å². The number of nitrogens with one attached hydrogen (secondary N) is 3. The predicted octanol–water partition coefficient (Wildman–Crippen LogP) is -0.0516. The minimum absolute atomic E-state index is 0.180. The molecule has 6 N–H and O–H groups in total. The van der Waals surface area contributed by atoms with Crippen LogP contribution >= 0.6 is 0 Å². The molecule has 0 aliphatic heterocycles. The van der Waals surface area contributed by atoms with E-state index in [1.165, 1.54) is 0 Å². The smallest absolute Gasteiger partial charge is 0.314 e. The van der Waals surface area contributed by atoms with Gasteiger partial charge in [0.05, 0.1) is 5.92 Å². The summed E-state index contributed by atoms with van der Waals surface area (Å²) in [6.45, 7) is 2.73. The first kappa shape index (κ1) is 21.7. The molecule has 9 heteroatoms. The van der Waals surface area contributed by atoms with Gasteiger partial charge >= 0.3 is 12.0 Å². The predicted molar refractivity (Wildman–Crippen MR) is 88.1 cm³/mol. The van der Waals surface area contributed by atoms with Crippen molar-refractivity contribution in [3.8, 4) is 0 Å². The molecule has 0 aromatic heterocycles. The Morgan fingerprint density at radius 2 is 1.54 bits per heavy atom. The molecule has 0 aliphatic carbocycles. The molecule has 0 aromatic rings. The Labute approximate surface area is 141 Å². The number of urea groups is 1. The summed E-state index contributed by atoms with van der Waals surface area (Å²) in [5, 5.41) is 16.6. The Kier molecular flexibility index (Phi) is 11.9. The molecule has 138 valence electrons. The van der Waals surface area contributed by atoms with Crippen molar-refractivity contribution >= 4 is 23.8 Å². The molecule has 0 heterocycles. The average Bonchev–Trinajstić information content (AvgIpc) is 2.50. The standard InChI is InChI=1S/C15H28N4O5/c1-11(14(22)23)5-2-3-8-18-15(24)19-10-9-17-13(21)7-4-6-12(16)20/h11H,2-10H2,1H3,(H2,16,20)(H,17,21)(H,22,23)(H2,18,19,24). The first-order valence-electron chi connectivity index (χ1n) is 8.12. The highest BCUT2D eigenvalue weighted by atomic mass is 16.4. The monoisotopic (exact) mass is 344 g/mol. The molecule has 0 radical (unpaired) electrons. The lowest BCUT2D eigenvalue weighted by atomic mass is 10.0. The zero-order valence-corrected chi connectivity index (χ0v) is 14.1. The van der Waals surface area contributed by atoms with Gasteiger partial charge in [0, 0.05) is 32.5 Å². The number of carboxylic acid groups (broad SMARTS) is 1. The quantitative estimate of drug-likeness (QED) is 0.297. The van der Waals surface area contributed by atoms with Crippen molar-refractivity contribution in [3.63, 3.8) is 0 Å². The van der Waals surface area contributed by atoms with E-state index >= 15 is 0 Å². The van der Waals surface area contributed by atoms with Crippen LogP contribution < -0.4 is 21.7 Å². The number of primary amides is 1. The van der Waals surface area contributed by atoms with E-state index in [0.717, 1.165) is 6.42 Å². The molecule has 24 heavy (non-hydrogen) atoms. The summed E-state index contributed by atoms with van der Waals surface area (Å²) < 4.78 is 0. The maximum Gasteiger partial charge on any atom is 0.314 e. The minimum atomic E-state index is -0.808. The van der Waals surface area contributed by atoms with Crippen molar-refractivity contribution in [1.29, 1.82) is 0 Å². The molecule has 1 unspecified atom stereocenters. The molecule has 0 spiro atoms. The lowest BCUT2D eigenvalue weighted by Gasteiger charge is -2.09. The molecule has 0 aromatic carbocycles. The maximum atomic E-state index is 11.5. The molecule has 0 rings (SSSR count). The summed E-state index contributed by atoms with van der Waals surface area (Å²) in [6.07, 6.45) is 2.84. The number of hydrogen-bond donors (Lipinski definition) is 5. The van der Waals surface area contributed by atoms with E-state index < -0.39 is 11.9 Å². The first-order chi connectivity index (χ1) is 11.3. The fraction of sp³-hybridized carbons (Fsp3) is 0.733. The van der Waals surface area contributed by atoms with Crippen LogP contribution in [0.25, 0.3) is 0 Å². The van der Waals surface area contributed by atoms with E-state index in [-0.39, 0.29) is 30.7 Å². The van der Waals surface area contributed by atoms with Gasteiger partial charge in [-0.3, -0.25) is 14.4 Å². The van der Waals surface area contributed by atoms with Gasteiger partial charge in [0.25, 0.3) is 0 Å². The van der Waals surface area contributed by atoms with Gasteiger partial charge in [-0.05, 0) is 19.3 Å². The van der Waals surface area contributed by atoms with Crippen molar-refractivity contribution in [2.24, 2.45) is 11.7 Å². The van der Waals surface area contributed by atoms with Gasteiger partial charge in [-0.1, -0.05) is 13.3 Å². The van der Waals surface area contributed by atoms with Crippen LogP contribution in [0.1, 0.15) is 45.4 Å². The third-order valence-corrected chi connectivity index (χ3v) is 3.33. The molecule has 1 atom stereocenters. The van der Waals surface area contributed by atoms with Crippen molar-refractivity contribution in [2.75, 3.05) is 19.6 Å². The Balaban J connectivity index is 3.48. The highest BCUT2D eigenvalue weighted by molar-refractivity contribution is 5.78. The van der Waals surface area contributed by atoms with Crippen LogP contribution in [-0.2, 0) is 14.4 Å². The number of carbonyl (C=O) groups excluding carboxylic acids is 3. The lowest BCUT2D eigenvalue weighted by Crippen LogP contribution is -2.40. The third kappa shape index (κ3) is 13.4. The molecular weight excluding hydrogens is 316 g/mol. The van der Waals surface area contributed by atoms with Crippen molar-refractivity contribution in [2.45, 2.75) is 45.4 Å². The summed E-state index contributed by atoms with van der Waals surface area (Å²) >= 11 is 0. The Bertz CT molecular complexity index is 428. The summed E-state index contributed by atoms with van der Waals surface area (Å²) in [7, 11) is 0. The van der Waals surface area contributed by atoms with Crippen LogP contribution in [-0.4, -0.2) is 48.6 Å². The topological polar surface area (TPSA) is 151 Å². The van der Waals surface area contributed by atoms with Crippen LogP contribution in [0, 0.1) is 5.92 Å². The van der Waals surface area contributed by atoms with Gasteiger partial charge in [-0.2, -0.15) is 0 Å². The lowest BCUT2D eigenvalue weighted by molar-refractivity contribution is -0.141. The number of carboxylic acids is 1. The van der Waals surface area contributed by atoms with Crippen LogP contribution in [0.2, 0.25) is 0 Å². The number of rotatable bonds is 13. The molecule has 0 saturated carbocycles. The van der Waals surface area contributed by atoms with Gasteiger partial charge in [0.2, 0.25) is 11.8 Å². The fourth-order valence-electron chi connectivity index (χ4n) is 1.85. The summed E-state index contributed by atoms with van der Waals surface area (Å²) in [4.78, 5) is 44.0. The van der Waals surface area contributed by atoms with Gasteiger partial charge < -0.3 is 26.8 Å². The van der Waals surface area contributed by atoms with Gasteiger partial charge in [0.1, 0.15) is 0 Å². The van der Waals surface area contributed by atoms with Crippen LogP contribution in [0.5, 0.6) is 0 Å². The van der Waals surface area contributed by atoms with Crippen molar-refractivity contribution < 1.29 is 24.3 Å². The van der Waals surface area contributed by atoms with Crippen LogP contribution in [0.3, 0.4) is 0 Å². The molecule has 0 fully saturated rings. The van der Waals surface area contributed by atoms with Crippen LogP contribution in [0.4, 0.5) is 4.79 Å². The molecule has 0 saturated heterocycles. The number of unbranched alkanes of at least 4 members (excludes halogenated alkanes) is 1. The second-order valence-electron chi connectivity index (χ2n) is 5.59. The molecular formula is C15H28N4O5. The maximum absolute atomic E-state index is 11.5. The zero-order chi connectivity index (χ0) is 18.4. The second kappa shape index (κ2) is 13.1. The Morgan fingerprint density at radius 1 is 0.917 bits per heavy atom. The van der Waals surface area contributed by atoms with Crippen LogP contribution in [0.15, 0.2) is 0 Å². The van der Waals surface area contributed by atoms with Gasteiger partial charge in [-0.25, -0.2) is 4.79 Å². The van der Waals surface area contributed by atoms with E-state index in [4.69, 9.17) is 10.8 Å². The van der Waals surface area contributed by atoms with Crippen molar-refractivity contribution in [1.82, 2.24) is 16.0 Å². The summed E-state index contributed by atoms with van der Waals surface area (Å²) in [5.41, 5.74) is 4.97. The summed E-state index contributed by atoms with van der Waals surface area (Å²) in [5.74, 6) is -1.80. The number of nitrogens with two attached hydrogens (primary N) is 1. The number of carbonyl (C=O) groups is 4. The molecule has 4 amide bonds. The second-order valence-corrected chi connectivity index (χ2v) is 5.59. The number of aliphatic carboxylic acids is 1. The summed E-state index contributed by atoms with van der Waals surface area (Å²) in [6, 6.07) is -0.329. The molecule has 0 bridgehead atoms. The number of hydrogen-bond acceptors (Lipinski definition) is 4. The SMILES string of the molecule is CC(CCCCNC(=O)NCCNC(=O)CCCC(N)=O)C(=O)O. The van der Waals surface area contributed by atoms with E-state index in [1.807, 2.05) is 0 Å². The van der Waals surface area contributed by atoms with Gasteiger partial charge in [-0.15, -0.1) is 0 Å². The van der Waals surface area contributed by atoms with E-state index in [1.54, 1.807) is 6.92 Å². The normalized spacial score (nSPS) is 11.4. The fourth-order valence-corrected chi connectivity index (χ4v) is 1.85. The Morgan fingerprint density at radius 3 is 2.17 bits per heavy atom. The van der Waals surface area contributed by atoms with E-state index in [2.05, 4.69) is 16.0 Å². The zero-order valence-electron chi connectivity index (χ0n) is 14.1. The minimum Gasteiger partial charge on any atom is -0.481 e. The third-order valence-electron chi connectivity index (χ3n) is 3.33. The Hall–Kier alpha value is -2.32. The highest BCUT2D eigenvalue weighted by Gasteiger charge is 2.09. The molecule has 0 aliphatic rings. The first-order valence-corrected chi connectivity index (χ1v) is 8.12. The number of amides is 4. The van der Waals surface area contributed by atoms with E-state index in [0.29, 0.717) is 38.9 Å². The highest BCUT2D eigenvalue weighted by Crippen LogP contribution is 2.06. The largest absolute Gasteiger partial charge is 0.481 e. The van der Waals surface area contributed by atoms with Crippen molar-refractivity contribution in [3.05, 3.63) is 0 Å². The molecule has 9 nitrogen and oxygen atoms in total. The average molecular weight is 344 g/mol.